The molecule has 0 spiro atoms. The summed E-state index contributed by atoms with van der Waals surface area (Å²) in [6.45, 7) is 4.29. The van der Waals surface area contributed by atoms with Gasteiger partial charge in [0.25, 0.3) is 0 Å². The van der Waals surface area contributed by atoms with Crippen LogP contribution in [0.2, 0.25) is 0 Å². The van der Waals surface area contributed by atoms with Crippen molar-refractivity contribution in [3.63, 3.8) is 0 Å². The molecule has 0 aromatic heterocycles. The molecule has 0 radical (unpaired) electrons. The third-order valence-electron chi connectivity index (χ3n) is 9.19. The molecule has 2 atom stereocenters. The summed E-state index contributed by atoms with van der Waals surface area (Å²) in [5, 5.41) is 16.9. The van der Waals surface area contributed by atoms with Crippen LogP contribution in [0.15, 0.2) is 91.0 Å². The van der Waals surface area contributed by atoms with Gasteiger partial charge < -0.3 is 10.6 Å². The van der Waals surface area contributed by atoms with Gasteiger partial charge in [0.05, 0.1) is 12.1 Å². The van der Waals surface area contributed by atoms with E-state index in [9.17, 15) is 10.1 Å². The molecule has 5 heteroatoms. The number of urea groups is 1. The minimum Gasteiger partial charge on any atom is -0.335 e. The van der Waals surface area contributed by atoms with E-state index in [2.05, 4.69) is 51.9 Å². The Bertz CT molecular complexity index is 1210. The van der Waals surface area contributed by atoms with E-state index in [0.717, 1.165) is 49.3 Å². The zero-order valence-electron chi connectivity index (χ0n) is 23.6. The summed E-state index contributed by atoms with van der Waals surface area (Å²) < 4.78 is 0. The highest BCUT2D eigenvalue weighted by atomic mass is 16.2. The highest BCUT2D eigenvalue weighted by Gasteiger charge is 2.41. The van der Waals surface area contributed by atoms with Gasteiger partial charge in [0.2, 0.25) is 0 Å². The monoisotopic (exact) mass is 534 g/mol. The Morgan fingerprint density at radius 3 is 2.05 bits per heavy atom. The average Bonchev–Trinajstić information content (AvgIpc) is 3.48. The van der Waals surface area contributed by atoms with Crippen LogP contribution in [-0.2, 0) is 5.41 Å². The molecule has 3 aromatic carbocycles. The molecule has 5 rings (SSSR count). The Morgan fingerprint density at radius 1 is 0.900 bits per heavy atom. The van der Waals surface area contributed by atoms with E-state index in [-0.39, 0.29) is 12.1 Å². The molecule has 2 fully saturated rings. The zero-order chi connectivity index (χ0) is 27.8. The lowest BCUT2D eigenvalue weighted by Gasteiger charge is -2.35. The zero-order valence-corrected chi connectivity index (χ0v) is 23.6. The maximum absolute atomic E-state index is 13.2. The van der Waals surface area contributed by atoms with Gasteiger partial charge >= 0.3 is 6.03 Å². The van der Waals surface area contributed by atoms with Crippen molar-refractivity contribution in [1.29, 1.82) is 5.26 Å². The third kappa shape index (κ3) is 6.24. The van der Waals surface area contributed by atoms with Gasteiger partial charge in [-0.1, -0.05) is 91.0 Å². The molecule has 2 amide bonds. The molecular formula is C35H42N4O. The topological polar surface area (TPSA) is 68.2 Å². The molecule has 1 unspecified atom stereocenters. The molecular weight excluding hydrogens is 492 g/mol. The van der Waals surface area contributed by atoms with Crippen molar-refractivity contribution in [1.82, 2.24) is 15.5 Å². The summed E-state index contributed by atoms with van der Waals surface area (Å²) in [5.74, 6) is 0.722. The minimum absolute atomic E-state index is 0.178. The SMILES string of the molecule is C[C@H](NC(=O)NC1CCC(CCN2CCCC2c2ccccc2)CC1)C(C#N)(c1ccccc1)c1ccccc1. The van der Waals surface area contributed by atoms with Gasteiger partial charge in [-0.25, -0.2) is 4.79 Å². The van der Waals surface area contributed by atoms with E-state index in [1.54, 1.807) is 0 Å². The van der Waals surface area contributed by atoms with Crippen molar-refractivity contribution >= 4 is 6.03 Å². The first-order chi connectivity index (χ1) is 19.6. The van der Waals surface area contributed by atoms with Gasteiger partial charge in [-0.2, -0.15) is 5.26 Å². The number of amides is 2. The van der Waals surface area contributed by atoms with Gasteiger partial charge in [0, 0.05) is 12.1 Å². The summed E-state index contributed by atoms with van der Waals surface area (Å²) in [4.78, 5) is 15.8. The summed E-state index contributed by atoms with van der Waals surface area (Å²) in [6, 6.07) is 33.2. The van der Waals surface area contributed by atoms with Crippen LogP contribution >= 0.6 is 0 Å². The van der Waals surface area contributed by atoms with Crippen molar-refractivity contribution in [2.45, 2.75) is 75.4 Å². The molecule has 1 heterocycles. The summed E-state index contributed by atoms with van der Waals surface area (Å²) >= 11 is 0. The lowest BCUT2D eigenvalue weighted by molar-refractivity contribution is 0.202. The average molecular weight is 535 g/mol. The third-order valence-corrected chi connectivity index (χ3v) is 9.19. The molecule has 1 aliphatic carbocycles. The Balaban J connectivity index is 1.13. The van der Waals surface area contributed by atoms with Crippen molar-refractivity contribution < 1.29 is 4.79 Å². The second-order valence-electron chi connectivity index (χ2n) is 11.6. The maximum atomic E-state index is 13.2. The normalized spacial score (nSPS) is 22.2. The lowest BCUT2D eigenvalue weighted by atomic mass is 9.70. The molecule has 2 N–H and O–H groups in total. The van der Waals surface area contributed by atoms with Crippen LogP contribution in [0.4, 0.5) is 4.79 Å². The molecule has 1 aliphatic heterocycles. The molecule has 5 nitrogen and oxygen atoms in total. The number of carbonyl (C=O) groups excluding carboxylic acids is 1. The molecule has 40 heavy (non-hydrogen) atoms. The first kappa shape index (κ1) is 27.9. The highest BCUT2D eigenvalue weighted by molar-refractivity contribution is 5.75. The fourth-order valence-electron chi connectivity index (χ4n) is 6.92. The van der Waals surface area contributed by atoms with E-state index < -0.39 is 11.5 Å². The van der Waals surface area contributed by atoms with Crippen molar-refractivity contribution in [2.75, 3.05) is 13.1 Å². The van der Waals surface area contributed by atoms with Crippen LogP contribution in [-0.4, -0.2) is 36.1 Å². The first-order valence-electron chi connectivity index (χ1n) is 15.0. The number of benzene rings is 3. The van der Waals surface area contributed by atoms with Crippen LogP contribution in [0.3, 0.4) is 0 Å². The fraction of sp³-hybridized carbons (Fsp3) is 0.429. The number of rotatable bonds is 9. The minimum atomic E-state index is -0.981. The van der Waals surface area contributed by atoms with Crippen LogP contribution < -0.4 is 10.6 Å². The fourth-order valence-corrected chi connectivity index (χ4v) is 6.92. The number of nitriles is 1. The van der Waals surface area contributed by atoms with Gasteiger partial charge in [0.15, 0.2) is 0 Å². The Labute approximate surface area is 239 Å². The Morgan fingerprint density at radius 2 is 1.48 bits per heavy atom. The van der Waals surface area contributed by atoms with Crippen LogP contribution in [0.1, 0.15) is 74.6 Å². The van der Waals surface area contributed by atoms with E-state index in [0.29, 0.717) is 6.04 Å². The second kappa shape index (κ2) is 13.2. The van der Waals surface area contributed by atoms with Gasteiger partial charge in [-0.05, 0) is 87.6 Å². The summed E-state index contributed by atoms with van der Waals surface area (Å²) in [7, 11) is 0. The van der Waals surface area contributed by atoms with Gasteiger partial charge in [-0.3, -0.25) is 4.90 Å². The standard InChI is InChI=1S/C35H42N4O/c1-27(35(26-36,30-14-7-3-8-15-30)31-16-9-4-10-17-31)37-34(40)38-32-21-19-28(20-22-32)23-25-39-24-11-18-33(39)29-12-5-2-6-13-29/h2-10,12-17,27-28,32-33H,11,18-25H2,1H3,(H2,37,38,40)/t27-,28?,32?,33?/m0/s1. The number of nitrogens with one attached hydrogen (secondary N) is 2. The van der Waals surface area contributed by atoms with Crippen LogP contribution in [0.5, 0.6) is 0 Å². The molecule has 0 bridgehead atoms. The van der Waals surface area contributed by atoms with E-state index >= 15 is 0 Å². The predicted octanol–water partition coefficient (Wildman–Crippen LogP) is 6.97. The Kier molecular flexibility index (Phi) is 9.19. The largest absolute Gasteiger partial charge is 0.335 e. The lowest BCUT2D eigenvalue weighted by Crippen LogP contribution is -2.53. The van der Waals surface area contributed by atoms with E-state index in [4.69, 9.17) is 0 Å². The number of carbonyl (C=O) groups is 1. The van der Waals surface area contributed by atoms with Crippen molar-refractivity contribution in [3.05, 3.63) is 108 Å². The molecule has 208 valence electrons. The molecule has 2 aliphatic rings. The quantitative estimate of drug-likeness (QED) is 0.311. The van der Waals surface area contributed by atoms with Gasteiger partial charge in [0.1, 0.15) is 5.41 Å². The smallest absolute Gasteiger partial charge is 0.315 e. The van der Waals surface area contributed by atoms with E-state index in [1.165, 1.54) is 31.4 Å². The van der Waals surface area contributed by atoms with Crippen LogP contribution in [0.25, 0.3) is 0 Å². The molecule has 1 saturated carbocycles. The summed E-state index contributed by atoms with van der Waals surface area (Å²) in [6.07, 6.45) is 8.10. The second-order valence-corrected chi connectivity index (χ2v) is 11.6. The number of hydrogen-bond donors (Lipinski definition) is 2. The number of likely N-dealkylation sites (tertiary alicyclic amines) is 1. The summed E-state index contributed by atoms with van der Waals surface area (Å²) in [5.41, 5.74) is 2.23. The molecule has 3 aromatic rings. The van der Waals surface area contributed by atoms with Crippen molar-refractivity contribution in [3.8, 4) is 6.07 Å². The van der Waals surface area contributed by atoms with Crippen LogP contribution in [0, 0.1) is 17.2 Å². The first-order valence-corrected chi connectivity index (χ1v) is 15.0. The maximum Gasteiger partial charge on any atom is 0.315 e. The highest BCUT2D eigenvalue weighted by Crippen LogP contribution is 2.36. The Hall–Kier alpha value is -3.62. The molecule has 1 saturated heterocycles. The van der Waals surface area contributed by atoms with Gasteiger partial charge in [-0.15, -0.1) is 0 Å². The van der Waals surface area contributed by atoms with Crippen molar-refractivity contribution in [2.24, 2.45) is 5.92 Å². The predicted molar refractivity (Wildman–Crippen MR) is 161 cm³/mol. The number of nitrogens with zero attached hydrogens (tertiary/aromatic N) is 2. The van der Waals surface area contributed by atoms with E-state index in [1.807, 2.05) is 67.6 Å². The number of hydrogen-bond acceptors (Lipinski definition) is 3.